The Kier molecular flexibility index (Phi) is 7.61. The van der Waals surface area contributed by atoms with Crippen molar-refractivity contribution in [2.45, 2.75) is 45.3 Å². The van der Waals surface area contributed by atoms with E-state index in [1.807, 2.05) is 49.1 Å². The number of amides is 1. The van der Waals surface area contributed by atoms with E-state index in [0.29, 0.717) is 6.42 Å². The second-order valence-electron chi connectivity index (χ2n) is 9.82. The summed E-state index contributed by atoms with van der Waals surface area (Å²) in [6, 6.07) is 31.1. The highest BCUT2D eigenvalue weighted by Crippen LogP contribution is 2.29. The van der Waals surface area contributed by atoms with Gasteiger partial charge in [-0.25, -0.2) is 0 Å². The van der Waals surface area contributed by atoms with Crippen molar-refractivity contribution in [3.05, 3.63) is 114 Å². The molecule has 0 unspecified atom stereocenters. The number of aryl methyl sites for hydroxylation is 2. The molecule has 5 aromatic rings. The van der Waals surface area contributed by atoms with E-state index in [2.05, 4.69) is 89.3 Å². The molecule has 0 fully saturated rings. The van der Waals surface area contributed by atoms with Gasteiger partial charge in [-0.05, 0) is 67.8 Å². The van der Waals surface area contributed by atoms with Crippen LogP contribution >= 0.6 is 11.8 Å². The van der Waals surface area contributed by atoms with E-state index in [-0.39, 0.29) is 17.7 Å². The van der Waals surface area contributed by atoms with E-state index in [1.54, 1.807) is 0 Å². The molecule has 5 nitrogen and oxygen atoms in total. The lowest BCUT2D eigenvalue weighted by Crippen LogP contribution is -2.38. The van der Waals surface area contributed by atoms with Crippen molar-refractivity contribution in [1.29, 1.82) is 0 Å². The van der Waals surface area contributed by atoms with Crippen molar-refractivity contribution in [1.82, 2.24) is 14.8 Å². The molecule has 192 valence electrons. The summed E-state index contributed by atoms with van der Waals surface area (Å²) in [6.45, 7) is 8.28. The first-order valence-corrected chi connectivity index (χ1v) is 13.9. The molecule has 1 heterocycles. The number of rotatable bonds is 8. The van der Waals surface area contributed by atoms with Crippen LogP contribution in [-0.2, 0) is 11.2 Å². The molecule has 0 spiro atoms. The summed E-state index contributed by atoms with van der Waals surface area (Å²) in [4.78, 5) is 15.3. The van der Waals surface area contributed by atoms with E-state index >= 15 is 0 Å². The first-order chi connectivity index (χ1) is 18.4. The molecule has 6 heteroatoms. The summed E-state index contributed by atoms with van der Waals surface area (Å²) in [7, 11) is 0. The van der Waals surface area contributed by atoms with E-state index in [9.17, 15) is 4.79 Å². The number of thioether (sulfide) groups is 1. The maximum absolute atomic E-state index is 13.4. The maximum Gasteiger partial charge on any atom is 0.237 e. The first kappa shape index (κ1) is 25.7. The van der Waals surface area contributed by atoms with E-state index in [1.165, 1.54) is 33.7 Å². The van der Waals surface area contributed by atoms with Gasteiger partial charge in [-0.2, -0.15) is 0 Å². The molecule has 5 rings (SSSR count). The fourth-order valence-corrected chi connectivity index (χ4v) is 5.76. The normalized spacial score (nSPS) is 11.3. The molecule has 0 aliphatic carbocycles. The Morgan fingerprint density at radius 3 is 2.39 bits per heavy atom. The summed E-state index contributed by atoms with van der Waals surface area (Å²) >= 11 is 1.44. The van der Waals surface area contributed by atoms with Crippen molar-refractivity contribution in [2.24, 2.45) is 0 Å². The summed E-state index contributed by atoms with van der Waals surface area (Å²) < 4.78 is 2.12. The number of para-hydroxylation sites is 1. The third-order valence-corrected chi connectivity index (χ3v) is 7.58. The third-order valence-electron chi connectivity index (χ3n) is 6.67. The molecule has 4 aromatic carbocycles. The van der Waals surface area contributed by atoms with Gasteiger partial charge in [-0.1, -0.05) is 90.1 Å². The Hall–Kier alpha value is -3.90. The van der Waals surface area contributed by atoms with Crippen LogP contribution in [0.5, 0.6) is 0 Å². The average Bonchev–Trinajstić information content (AvgIpc) is 3.30. The Labute approximate surface area is 228 Å². The van der Waals surface area contributed by atoms with Gasteiger partial charge >= 0.3 is 0 Å². The molecule has 0 saturated heterocycles. The van der Waals surface area contributed by atoms with Crippen LogP contribution < -0.4 is 4.90 Å². The maximum atomic E-state index is 13.4. The molecule has 0 saturated carbocycles. The minimum atomic E-state index is 0.0435. The predicted octanol–water partition coefficient (Wildman–Crippen LogP) is 7.16. The number of hydrogen-bond donors (Lipinski definition) is 0. The number of carbonyl (C=O) groups is 1. The Bertz CT molecular complexity index is 1570. The second kappa shape index (κ2) is 11.2. The van der Waals surface area contributed by atoms with Crippen LogP contribution in [0.2, 0.25) is 0 Å². The topological polar surface area (TPSA) is 51.0 Å². The van der Waals surface area contributed by atoms with Gasteiger partial charge in [0.15, 0.2) is 5.16 Å². The second-order valence-corrected chi connectivity index (χ2v) is 10.8. The van der Waals surface area contributed by atoms with Crippen molar-refractivity contribution in [2.75, 3.05) is 10.7 Å². The fraction of sp³-hybridized carbons (Fsp3) is 0.219. The molecule has 1 aromatic heterocycles. The van der Waals surface area contributed by atoms with Crippen LogP contribution in [0, 0.1) is 13.8 Å². The number of fused-ring (bicyclic) bond motifs is 1. The van der Waals surface area contributed by atoms with E-state index < -0.39 is 0 Å². The minimum absolute atomic E-state index is 0.0435. The zero-order valence-corrected chi connectivity index (χ0v) is 23.1. The number of nitrogens with zero attached hydrogens (tertiary/aromatic N) is 4. The zero-order valence-electron chi connectivity index (χ0n) is 22.3. The summed E-state index contributed by atoms with van der Waals surface area (Å²) in [5, 5.41) is 12.4. The molecule has 0 aliphatic rings. The summed E-state index contributed by atoms with van der Waals surface area (Å²) in [5.41, 5.74) is 5.49. The van der Waals surface area contributed by atoms with Gasteiger partial charge in [-0.3, -0.25) is 9.36 Å². The monoisotopic (exact) mass is 520 g/mol. The van der Waals surface area contributed by atoms with Crippen LogP contribution in [0.15, 0.2) is 96.2 Å². The molecule has 0 atom stereocenters. The Morgan fingerprint density at radius 2 is 1.63 bits per heavy atom. The van der Waals surface area contributed by atoms with Crippen LogP contribution in [0.3, 0.4) is 0 Å². The molecule has 0 N–H and O–H groups in total. The number of benzene rings is 4. The lowest BCUT2D eigenvalue weighted by atomic mass is 10.0. The third kappa shape index (κ3) is 5.36. The lowest BCUT2D eigenvalue weighted by molar-refractivity contribution is -0.116. The zero-order chi connectivity index (χ0) is 26.6. The van der Waals surface area contributed by atoms with E-state index in [4.69, 9.17) is 0 Å². The Balaban J connectivity index is 1.49. The van der Waals surface area contributed by atoms with Gasteiger partial charge in [0.05, 0.1) is 11.4 Å². The van der Waals surface area contributed by atoms with Gasteiger partial charge in [0.2, 0.25) is 5.91 Å². The van der Waals surface area contributed by atoms with Crippen LogP contribution in [0.1, 0.15) is 36.4 Å². The molecule has 38 heavy (non-hydrogen) atoms. The highest BCUT2D eigenvalue weighted by Gasteiger charge is 2.22. The predicted molar refractivity (Wildman–Crippen MR) is 157 cm³/mol. The van der Waals surface area contributed by atoms with Gasteiger partial charge < -0.3 is 4.90 Å². The Morgan fingerprint density at radius 1 is 0.895 bits per heavy atom. The number of aromatic nitrogens is 3. The largest absolute Gasteiger partial charge is 0.309 e. The van der Waals surface area contributed by atoms with Crippen LogP contribution in [0.25, 0.3) is 16.5 Å². The summed E-state index contributed by atoms with van der Waals surface area (Å²) in [6.07, 6.45) is 0.637. The number of carbonyl (C=O) groups excluding carboxylic acids is 1. The van der Waals surface area contributed by atoms with Crippen molar-refractivity contribution in [3.8, 4) is 5.69 Å². The SMILES string of the molecule is Cc1ccc(-n2c(Cc3cccc4ccccc34)nnc2SCC(=O)N(c2ccccc2)C(C)C)c(C)c1. The van der Waals surface area contributed by atoms with Gasteiger partial charge in [-0.15, -0.1) is 10.2 Å². The van der Waals surface area contributed by atoms with Gasteiger partial charge in [0.1, 0.15) is 5.82 Å². The van der Waals surface area contributed by atoms with Gasteiger partial charge in [0, 0.05) is 18.2 Å². The molecule has 0 bridgehead atoms. The standard InChI is InChI=1S/C32H32N4OS/c1-22(2)35(27-14-6-5-7-15-27)31(37)21-38-32-34-33-30(36(32)29-18-17-23(3)19-24(29)4)20-26-13-10-12-25-11-8-9-16-28(25)26/h5-19,22H,20-21H2,1-4H3. The van der Waals surface area contributed by atoms with Gasteiger partial charge in [0.25, 0.3) is 0 Å². The van der Waals surface area contributed by atoms with Crippen LogP contribution in [0.4, 0.5) is 5.69 Å². The highest BCUT2D eigenvalue weighted by atomic mass is 32.2. The molecular weight excluding hydrogens is 488 g/mol. The molecule has 0 radical (unpaired) electrons. The molecule has 0 aliphatic heterocycles. The van der Waals surface area contributed by atoms with E-state index in [0.717, 1.165) is 27.9 Å². The lowest BCUT2D eigenvalue weighted by Gasteiger charge is -2.26. The fourth-order valence-electron chi connectivity index (χ4n) is 4.94. The summed E-state index contributed by atoms with van der Waals surface area (Å²) in [5.74, 6) is 1.17. The molecule has 1 amide bonds. The first-order valence-electron chi connectivity index (χ1n) is 12.9. The number of anilines is 1. The van der Waals surface area contributed by atoms with Crippen molar-refractivity contribution < 1.29 is 4.79 Å². The minimum Gasteiger partial charge on any atom is -0.309 e. The quantitative estimate of drug-likeness (QED) is 0.204. The number of hydrogen-bond acceptors (Lipinski definition) is 4. The smallest absolute Gasteiger partial charge is 0.237 e. The van der Waals surface area contributed by atoms with Crippen LogP contribution in [-0.4, -0.2) is 32.5 Å². The van der Waals surface area contributed by atoms with Crippen molar-refractivity contribution >= 4 is 34.1 Å². The van der Waals surface area contributed by atoms with Crippen molar-refractivity contribution in [3.63, 3.8) is 0 Å². The highest BCUT2D eigenvalue weighted by molar-refractivity contribution is 7.99. The molecular formula is C32H32N4OS. The average molecular weight is 521 g/mol.